The van der Waals surface area contributed by atoms with Gasteiger partial charge in [0, 0.05) is 24.2 Å². The monoisotopic (exact) mass is 395 g/mol. The second-order valence-electron chi connectivity index (χ2n) is 9.49. The van der Waals surface area contributed by atoms with Gasteiger partial charge in [-0.25, -0.2) is 14.5 Å². The number of fused-ring (bicyclic) bond motifs is 1. The van der Waals surface area contributed by atoms with Gasteiger partial charge in [0.1, 0.15) is 11.4 Å². The Morgan fingerprint density at radius 2 is 2.07 bits per heavy atom. The third-order valence-electron chi connectivity index (χ3n) is 6.06. The van der Waals surface area contributed by atoms with E-state index < -0.39 is 11.6 Å². The molecule has 0 unspecified atom stereocenters. The van der Waals surface area contributed by atoms with Gasteiger partial charge in [-0.05, 0) is 64.5 Å². The second-order valence-corrected chi connectivity index (χ2v) is 9.49. The van der Waals surface area contributed by atoms with Gasteiger partial charge < -0.3 is 4.74 Å². The number of nitrogens with zero attached hydrogens (tertiary/aromatic N) is 5. The first kappa shape index (κ1) is 18.3. The highest BCUT2D eigenvalue weighted by Crippen LogP contribution is 2.51. The summed E-state index contributed by atoms with van der Waals surface area (Å²) < 4.78 is 7.15. The number of pyridine rings is 1. The number of carbonyl (C=O) groups excluding carboxylic acids is 2. The maximum Gasteiger partial charge on any atom is 0.361 e. The van der Waals surface area contributed by atoms with E-state index in [0.29, 0.717) is 5.92 Å². The van der Waals surface area contributed by atoms with E-state index in [4.69, 9.17) is 4.74 Å². The van der Waals surface area contributed by atoms with E-state index in [9.17, 15) is 9.59 Å². The van der Waals surface area contributed by atoms with Crippen LogP contribution in [0.5, 0.6) is 0 Å². The molecule has 3 heterocycles. The molecule has 0 aromatic carbocycles. The van der Waals surface area contributed by atoms with E-state index in [-0.39, 0.29) is 23.1 Å². The zero-order chi connectivity index (χ0) is 20.6. The summed E-state index contributed by atoms with van der Waals surface area (Å²) in [4.78, 5) is 31.1. The number of ether oxygens (including phenoxy) is 1. The molecule has 1 aliphatic heterocycles. The molecule has 8 heteroatoms. The Morgan fingerprint density at radius 1 is 1.31 bits per heavy atom. The first-order valence-electron chi connectivity index (χ1n) is 10.1. The van der Waals surface area contributed by atoms with E-state index in [1.54, 1.807) is 10.9 Å². The van der Waals surface area contributed by atoms with Crippen molar-refractivity contribution in [3.63, 3.8) is 0 Å². The van der Waals surface area contributed by atoms with Crippen molar-refractivity contribution >= 4 is 17.7 Å². The average molecular weight is 395 g/mol. The summed E-state index contributed by atoms with van der Waals surface area (Å²) in [5.74, 6) is 1.19. The first-order valence-corrected chi connectivity index (χ1v) is 10.1. The van der Waals surface area contributed by atoms with Gasteiger partial charge in [-0.2, -0.15) is 0 Å². The van der Waals surface area contributed by atoms with Crippen LogP contribution < -0.4 is 4.90 Å². The zero-order valence-electron chi connectivity index (χ0n) is 17.2. The van der Waals surface area contributed by atoms with E-state index in [0.717, 1.165) is 42.8 Å². The first-order chi connectivity index (χ1) is 13.7. The van der Waals surface area contributed by atoms with Gasteiger partial charge in [0.15, 0.2) is 5.69 Å². The Hall–Kier alpha value is -2.77. The van der Waals surface area contributed by atoms with E-state index in [1.165, 1.54) is 0 Å². The smallest absolute Gasteiger partial charge is 0.361 e. The number of amides is 1. The third-order valence-corrected chi connectivity index (χ3v) is 6.06. The molecular weight excluding hydrogens is 370 g/mol. The minimum absolute atomic E-state index is 0.203. The van der Waals surface area contributed by atoms with E-state index in [2.05, 4.69) is 15.3 Å². The second kappa shape index (κ2) is 5.87. The summed E-state index contributed by atoms with van der Waals surface area (Å²) in [5.41, 5.74) is 1.41. The summed E-state index contributed by atoms with van der Waals surface area (Å²) in [7, 11) is 0. The van der Waals surface area contributed by atoms with Gasteiger partial charge in [-0.3, -0.25) is 9.69 Å². The normalized spacial score (nSPS) is 24.4. The molecule has 2 saturated carbocycles. The van der Waals surface area contributed by atoms with Crippen LogP contribution in [0.1, 0.15) is 61.6 Å². The number of anilines is 1. The number of aryl methyl sites for hydroxylation is 1. The fourth-order valence-electron chi connectivity index (χ4n) is 4.30. The fourth-order valence-corrected chi connectivity index (χ4v) is 4.30. The highest BCUT2D eigenvalue weighted by molar-refractivity contribution is 5.99. The van der Waals surface area contributed by atoms with Crippen molar-refractivity contribution in [2.24, 2.45) is 11.8 Å². The Labute approximate surface area is 169 Å². The molecule has 0 radical (unpaired) electrons. The minimum atomic E-state index is -0.581. The van der Waals surface area contributed by atoms with Crippen LogP contribution in [0.2, 0.25) is 0 Å². The lowest BCUT2D eigenvalue weighted by Gasteiger charge is -2.22. The maximum atomic E-state index is 12.4. The number of hydrogen-bond donors (Lipinski definition) is 0. The molecule has 1 amide bonds. The quantitative estimate of drug-likeness (QED) is 0.739. The van der Waals surface area contributed by atoms with Crippen LogP contribution in [-0.2, 0) is 15.1 Å². The molecule has 0 bridgehead atoms. The SMILES string of the molecule is Cc1cc(N2C[C@H]3C[C@H]3C2=O)ncc1C1(n2cc(C(=O)OC(C)(C)C)nn2)CC1. The molecule has 5 rings (SSSR count). The minimum Gasteiger partial charge on any atom is -0.455 e. The highest BCUT2D eigenvalue weighted by atomic mass is 16.6. The number of piperidine rings is 1. The summed E-state index contributed by atoms with van der Waals surface area (Å²) >= 11 is 0. The Balaban J connectivity index is 1.40. The number of aromatic nitrogens is 4. The summed E-state index contributed by atoms with van der Waals surface area (Å²) in [6.07, 6.45) is 6.34. The number of carbonyl (C=O) groups is 2. The predicted octanol–water partition coefficient (Wildman–Crippen LogP) is 2.46. The van der Waals surface area contributed by atoms with Crippen LogP contribution in [0.4, 0.5) is 5.82 Å². The number of rotatable bonds is 4. The van der Waals surface area contributed by atoms with E-state index in [1.807, 2.05) is 44.9 Å². The van der Waals surface area contributed by atoms with Crippen molar-refractivity contribution in [1.29, 1.82) is 0 Å². The molecule has 2 aromatic rings. The summed E-state index contributed by atoms with van der Waals surface area (Å²) in [6, 6.07) is 1.99. The summed E-state index contributed by atoms with van der Waals surface area (Å²) in [5, 5.41) is 8.25. The lowest BCUT2D eigenvalue weighted by Crippen LogP contribution is -2.29. The Morgan fingerprint density at radius 3 is 2.66 bits per heavy atom. The van der Waals surface area contributed by atoms with Crippen LogP contribution in [-0.4, -0.2) is 44.0 Å². The van der Waals surface area contributed by atoms with Crippen LogP contribution in [0.15, 0.2) is 18.5 Å². The van der Waals surface area contributed by atoms with Crippen LogP contribution >= 0.6 is 0 Å². The topological polar surface area (TPSA) is 90.2 Å². The molecule has 0 N–H and O–H groups in total. The van der Waals surface area contributed by atoms with Crippen LogP contribution in [0, 0.1) is 18.8 Å². The average Bonchev–Trinajstić information content (AvgIpc) is 3.52. The predicted molar refractivity (Wildman–Crippen MR) is 104 cm³/mol. The lowest BCUT2D eigenvalue weighted by molar-refractivity contribution is -0.118. The van der Waals surface area contributed by atoms with Crippen LogP contribution in [0.3, 0.4) is 0 Å². The molecule has 1 saturated heterocycles. The van der Waals surface area contributed by atoms with Gasteiger partial charge >= 0.3 is 5.97 Å². The van der Waals surface area contributed by atoms with Crippen LogP contribution in [0.25, 0.3) is 0 Å². The van der Waals surface area contributed by atoms with Crippen molar-refractivity contribution in [3.8, 4) is 0 Å². The van der Waals surface area contributed by atoms with Crippen molar-refractivity contribution in [2.45, 2.75) is 58.1 Å². The van der Waals surface area contributed by atoms with Gasteiger partial charge in [0.25, 0.3) is 0 Å². The molecule has 29 heavy (non-hydrogen) atoms. The number of hydrogen-bond acceptors (Lipinski definition) is 6. The third kappa shape index (κ3) is 3.01. The standard InChI is InChI=1S/C21H25N5O3/c1-12-7-17(25-10-13-8-14(13)18(25)27)22-9-15(12)21(5-6-21)26-11-16(23-24-26)19(28)29-20(2,3)4/h7,9,11,13-14H,5-6,8,10H2,1-4H3/t13-,14-/m1/s1. The van der Waals surface area contributed by atoms with Gasteiger partial charge in [0.2, 0.25) is 5.91 Å². The molecule has 3 fully saturated rings. The zero-order valence-corrected chi connectivity index (χ0v) is 17.2. The fraction of sp³-hybridized carbons (Fsp3) is 0.571. The molecule has 8 nitrogen and oxygen atoms in total. The number of esters is 1. The molecule has 3 aliphatic rings. The van der Waals surface area contributed by atoms with E-state index >= 15 is 0 Å². The Kier molecular flexibility index (Phi) is 3.70. The molecule has 2 aliphatic carbocycles. The van der Waals surface area contributed by atoms with Crippen molar-refractivity contribution < 1.29 is 14.3 Å². The Bertz CT molecular complexity index is 1020. The van der Waals surface area contributed by atoms with Gasteiger partial charge in [0.05, 0.1) is 11.7 Å². The van der Waals surface area contributed by atoms with Crippen molar-refractivity contribution in [2.75, 3.05) is 11.4 Å². The molecule has 0 spiro atoms. The van der Waals surface area contributed by atoms with Gasteiger partial charge in [-0.1, -0.05) is 5.21 Å². The molecule has 2 aromatic heterocycles. The molecular formula is C21H25N5O3. The highest BCUT2D eigenvalue weighted by Gasteiger charge is 2.53. The van der Waals surface area contributed by atoms with Crippen molar-refractivity contribution in [3.05, 3.63) is 35.3 Å². The summed E-state index contributed by atoms with van der Waals surface area (Å²) in [6.45, 7) is 8.28. The van der Waals surface area contributed by atoms with Crippen molar-refractivity contribution in [1.82, 2.24) is 20.0 Å². The lowest BCUT2D eigenvalue weighted by atomic mass is 10.0. The molecule has 2 atom stereocenters. The maximum absolute atomic E-state index is 12.4. The van der Waals surface area contributed by atoms with Gasteiger partial charge in [-0.15, -0.1) is 5.10 Å². The molecule has 152 valence electrons. The largest absolute Gasteiger partial charge is 0.455 e.